The summed E-state index contributed by atoms with van der Waals surface area (Å²) in [5.41, 5.74) is 1.41. The average Bonchev–Trinajstić information content (AvgIpc) is 3.29. The molecule has 0 aromatic carbocycles. The maximum absolute atomic E-state index is 13.7. The molecule has 0 bridgehead atoms. The molecule has 4 nitrogen and oxygen atoms in total. The van der Waals surface area contributed by atoms with Gasteiger partial charge in [0.1, 0.15) is 0 Å². The van der Waals surface area contributed by atoms with Crippen LogP contribution in [-0.2, 0) is 8.85 Å². The molecule has 1 heterocycles. The number of hydrogen-bond donors (Lipinski definition) is 1. The third-order valence-electron chi connectivity index (χ3n) is 14.1. The smallest absolute Gasteiger partial charge is 0.413 e. The predicted molar refractivity (Wildman–Crippen MR) is 203 cm³/mol. The zero-order valence-corrected chi connectivity index (χ0v) is 35.1. The van der Waals surface area contributed by atoms with Crippen molar-refractivity contribution >= 4 is 16.6 Å². The summed E-state index contributed by atoms with van der Waals surface area (Å²) in [6.45, 7) is 33.4. The Balaban J connectivity index is 1.55. The minimum Gasteiger partial charge on any atom is -0.413 e. The fraction of sp³-hybridized carbons (Fsp3) is 0.850. The summed E-state index contributed by atoms with van der Waals surface area (Å²) in [7, 11) is -4.04. The highest BCUT2D eigenvalue weighted by Crippen LogP contribution is 2.59. The van der Waals surface area contributed by atoms with E-state index in [1.165, 1.54) is 11.1 Å². The van der Waals surface area contributed by atoms with Crippen LogP contribution in [0.2, 0.25) is 36.3 Å². The van der Waals surface area contributed by atoms with Gasteiger partial charge in [-0.25, -0.2) is 0 Å². The lowest BCUT2D eigenvalue weighted by Crippen LogP contribution is -2.57. The van der Waals surface area contributed by atoms with Gasteiger partial charge < -0.3 is 14.0 Å². The molecule has 0 radical (unpaired) electrons. The summed E-state index contributed by atoms with van der Waals surface area (Å²) in [5, 5.41) is 10.7. The summed E-state index contributed by atoms with van der Waals surface area (Å²) in [6, 6.07) is 0. The van der Waals surface area contributed by atoms with E-state index in [1.54, 1.807) is 0 Å². The summed E-state index contributed by atoms with van der Waals surface area (Å²) in [5.74, 6) is 1.20. The number of β-amino-alcohol motifs (C(OH)–C–C–N with tert-alkyl or cyclic N) is 1. The Morgan fingerprint density at radius 3 is 2.16 bits per heavy atom. The van der Waals surface area contributed by atoms with Crippen LogP contribution in [0.5, 0.6) is 0 Å². The predicted octanol–water partition coefficient (Wildman–Crippen LogP) is 11.2. The number of piperidine rings is 1. The number of allylic oxidation sites excluding steroid dienone is 3. The van der Waals surface area contributed by atoms with Crippen LogP contribution in [0.25, 0.3) is 0 Å². The van der Waals surface area contributed by atoms with Crippen LogP contribution in [0.3, 0.4) is 0 Å². The Morgan fingerprint density at radius 1 is 0.959 bits per heavy atom. The molecule has 7 atom stereocenters. The van der Waals surface area contributed by atoms with Crippen LogP contribution < -0.4 is 0 Å². The van der Waals surface area contributed by atoms with Crippen LogP contribution in [-0.4, -0.2) is 70.3 Å². The van der Waals surface area contributed by atoms with E-state index in [9.17, 15) is 18.3 Å². The van der Waals surface area contributed by atoms with Crippen LogP contribution in [0, 0.1) is 23.2 Å². The number of hydrogen-bond acceptors (Lipinski definition) is 4. The van der Waals surface area contributed by atoms with Gasteiger partial charge in [0.2, 0.25) is 0 Å². The molecule has 3 unspecified atom stereocenters. The fourth-order valence-electron chi connectivity index (χ4n) is 9.02. The first-order valence-corrected chi connectivity index (χ1v) is 25.0. The summed E-state index contributed by atoms with van der Waals surface area (Å²) in [4.78, 5) is 1.88. The van der Waals surface area contributed by atoms with Gasteiger partial charge >= 0.3 is 6.18 Å². The molecular formula is C40H70F3NO3Si2. The molecule has 0 spiro atoms. The first-order valence-electron chi connectivity index (χ1n) is 19.2. The van der Waals surface area contributed by atoms with Gasteiger partial charge in [0.25, 0.3) is 0 Å². The van der Waals surface area contributed by atoms with Crippen molar-refractivity contribution in [3.05, 3.63) is 35.5 Å². The zero-order chi connectivity index (χ0) is 37.0. The van der Waals surface area contributed by atoms with Gasteiger partial charge in [-0.1, -0.05) is 79.7 Å². The minimum absolute atomic E-state index is 0.0489. The van der Waals surface area contributed by atoms with E-state index in [1.807, 2.05) is 4.90 Å². The molecule has 49 heavy (non-hydrogen) atoms. The normalized spacial score (nSPS) is 35.2. The van der Waals surface area contributed by atoms with Crippen molar-refractivity contribution in [3.8, 4) is 0 Å². The van der Waals surface area contributed by atoms with Gasteiger partial charge in [-0.05, 0) is 128 Å². The maximum Gasteiger partial charge on any atom is 0.418 e. The third kappa shape index (κ3) is 8.75. The Bertz CT molecular complexity index is 1260. The minimum atomic E-state index is -4.59. The van der Waals surface area contributed by atoms with E-state index >= 15 is 0 Å². The number of likely N-dealkylation sites (tertiary alicyclic amines) is 1. The largest absolute Gasteiger partial charge is 0.418 e. The molecule has 9 heteroatoms. The molecule has 282 valence electrons. The van der Waals surface area contributed by atoms with Crippen molar-refractivity contribution in [2.24, 2.45) is 23.2 Å². The average molecular weight is 726 g/mol. The molecule has 4 fully saturated rings. The van der Waals surface area contributed by atoms with E-state index in [0.717, 1.165) is 50.5 Å². The van der Waals surface area contributed by atoms with Gasteiger partial charge in [-0.2, -0.15) is 13.2 Å². The second-order valence-corrected chi connectivity index (χ2v) is 29.2. The molecule has 1 aliphatic heterocycles. The number of nitrogens with zero attached hydrogens (tertiary/aromatic N) is 1. The number of halogens is 3. The zero-order valence-electron chi connectivity index (χ0n) is 33.1. The molecule has 1 N–H and O–H groups in total. The molecule has 3 aliphatic carbocycles. The Hall–Kier alpha value is -0.716. The standard InChI is InChI=1S/C40H70F3NO3Si2/c1-28(26-44-23-15-22-39(45,27-44)40(41,42)43)33-19-20-34-30(16-14-21-38(33,34)9)17-18-31-24-32(46-48(10,11)36(3,4)5)25-35(29(31)2)47-49(12,13)37(6,7)8/h17-18,28,32-35,45H,2,14-16,19-27H2,1,3-13H3/b30-17+,31-18-/t28-,32?,33-,34+,35?,38-,39?/m1/s1. The van der Waals surface area contributed by atoms with Crippen molar-refractivity contribution in [1.29, 1.82) is 0 Å². The van der Waals surface area contributed by atoms with Crippen LogP contribution in [0.4, 0.5) is 13.2 Å². The first kappa shape index (κ1) is 41.0. The highest BCUT2D eigenvalue weighted by Gasteiger charge is 2.56. The molecule has 4 rings (SSSR count). The number of fused-ring (bicyclic) bond motifs is 1. The van der Waals surface area contributed by atoms with Crippen molar-refractivity contribution in [1.82, 2.24) is 4.90 Å². The quantitative estimate of drug-likeness (QED) is 0.253. The lowest BCUT2D eigenvalue weighted by molar-refractivity contribution is -0.274. The van der Waals surface area contributed by atoms with Crippen molar-refractivity contribution < 1.29 is 27.1 Å². The van der Waals surface area contributed by atoms with Gasteiger partial charge in [0.15, 0.2) is 22.2 Å². The van der Waals surface area contributed by atoms with E-state index in [4.69, 9.17) is 8.85 Å². The van der Waals surface area contributed by atoms with Crippen LogP contribution in [0.15, 0.2) is 35.5 Å². The third-order valence-corrected chi connectivity index (χ3v) is 23.1. The van der Waals surface area contributed by atoms with Gasteiger partial charge in [0, 0.05) is 19.5 Å². The number of aliphatic hydroxyl groups is 1. The molecular weight excluding hydrogens is 656 g/mol. The van der Waals surface area contributed by atoms with Crippen molar-refractivity contribution in [3.63, 3.8) is 0 Å². The van der Waals surface area contributed by atoms with E-state index in [-0.39, 0.29) is 46.6 Å². The van der Waals surface area contributed by atoms with Gasteiger partial charge in [-0.15, -0.1) is 0 Å². The molecule has 3 saturated carbocycles. The van der Waals surface area contributed by atoms with E-state index in [2.05, 4.69) is 100 Å². The van der Waals surface area contributed by atoms with Gasteiger partial charge in [-0.3, -0.25) is 4.90 Å². The first-order chi connectivity index (χ1) is 22.2. The van der Waals surface area contributed by atoms with Crippen molar-refractivity contribution in [2.75, 3.05) is 19.6 Å². The Kier molecular flexibility index (Phi) is 11.9. The highest BCUT2D eigenvalue weighted by molar-refractivity contribution is 6.74. The van der Waals surface area contributed by atoms with E-state index in [0.29, 0.717) is 31.3 Å². The summed E-state index contributed by atoms with van der Waals surface area (Å²) >= 11 is 0. The Labute approximate surface area is 299 Å². The highest BCUT2D eigenvalue weighted by atomic mass is 28.4. The molecule has 0 aromatic rings. The SMILES string of the molecule is C=C1/C(=C\C=C2/CCC[C@]3(C)[C@@H]([C@H](C)CN4CCCC(O)(C(F)(F)F)C4)CC[C@@H]23)CC(O[Si](C)(C)C(C)(C)C)CC1O[Si](C)(C)C(C)(C)C. The molecule has 0 aromatic heterocycles. The molecule has 0 amide bonds. The maximum atomic E-state index is 13.7. The van der Waals surface area contributed by atoms with Gasteiger partial charge in [0.05, 0.1) is 12.2 Å². The topological polar surface area (TPSA) is 41.9 Å². The fourth-order valence-corrected chi connectivity index (χ4v) is 11.7. The van der Waals surface area contributed by atoms with Crippen LogP contribution in [0.1, 0.15) is 113 Å². The molecule has 4 aliphatic rings. The second kappa shape index (κ2) is 14.3. The van der Waals surface area contributed by atoms with Crippen molar-refractivity contribution in [2.45, 2.75) is 173 Å². The summed E-state index contributed by atoms with van der Waals surface area (Å²) < 4.78 is 55.1. The molecule has 1 saturated heterocycles. The number of alkyl halides is 3. The number of rotatable bonds is 8. The lowest BCUT2D eigenvalue weighted by atomic mass is 9.61. The lowest BCUT2D eigenvalue weighted by Gasteiger charge is -2.46. The van der Waals surface area contributed by atoms with E-state index < -0.39 is 28.4 Å². The monoisotopic (exact) mass is 725 g/mol. The Morgan fingerprint density at radius 2 is 1.57 bits per heavy atom. The second-order valence-electron chi connectivity index (χ2n) is 19.7. The summed E-state index contributed by atoms with van der Waals surface area (Å²) in [6.07, 6.45) is 7.71. The van der Waals surface area contributed by atoms with Crippen LogP contribution >= 0.6 is 0 Å².